The molecule has 3 fully saturated rings. The molecule has 0 saturated carbocycles. The predicted octanol–water partition coefficient (Wildman–Crippen LogP) is 4.17. The number of imide groups is 1. The van der Waals surface area contributed by atoms with E-state index in [2.05, 4.69) is 36.9 Å². The Morgan fingerprint density at radius 1 is 0.955 bits per heavy atom. The average Bonchev–Trinajstić information content (AvgIpc) is 3.35. The van der Waals surface area contributed by atoms with Crippen molar-refractivity contribution in [1.82, 2.24) is 40.6 Å². The Hall–Kier alpha value is -7.29. The van der Waals surface area contributed by atoms with Crippen molar-refractivity contribution in [1.29, 1.82) is 5.26 Å². The number of piperazine rings is 1. The van der Waals surface area contributed by atoms with Crippen molar-refractivity contribution in [3.05, 3.63) is 135 Å². The van der Waals surface area contributed by atoms with Crippen LogP contribution in [0, 0.1) is 16.7 Å². The monoisotopic (exact) mass is 889 g/mol. The second-order valence-corrected chi connectivity index (χ2v) is 17.4. The van der Waals surface area contributed by atoms with Crippen LogP contribution in [-0.2, 0) is 19.2 Å². The molecule has 338 valence electrons. The topological polar surface area (TPSA) is 211 Å². The highest BCUT2D eigenvalue weighted by Crippen LogP contribution is 2.38. The first kappa shape index (κ1) is 43.9. The molecule has 17 nitrogen and oxygen atoms in total. The number of nitrogens with zero attached hydrogens (tertiary/aromatic N) is 8. The molecule has 0 aliphatic carbocycles. The number of aromatic amines is 1. The molecule has 17 heteroatoms. The van der Waals surface area contributed by atoms with Gasteiger partial charge in [-0.3, -0.25) is 39.1 Å². The number of carbonyl (C=O) groups is 3. The molecule has 0 spiro atoms. The molecule has 9 rings (SSSR count). The van der Waals surface area contributed by atoms with Crippen molar-refractivity contribution in [2.45, 2.75) is 63.1 Å². The fourth-order valence-corrected chi connectivity index (χ4v) is 9.60. The predicted molar refractivity (Wildman–Crippen MR) is 247 cm³/mol. The van der Waals surface area contributed by atoms with Gasteiger partial charge in [-0.25, -0.2) is 14.8 Å². The first-order chi connectivity index (χ1) is 32.2. The standard InChI is InChI=1S/C49H51N11O6/c50-30-33-7-4-10-35(27-33)40-29-39(46(63)56-55-40)44(34-8-2-1-3-9-34)45-52-19-6-22-59(45)66-32-49(17-20-51-21-18-49)16-5-11-43(62)58-25-23-57(24-26-58)37-12-13-38-36(28-37)31-53-60(48(38)65)41-14-15-42(61)54-47(41)64/h1-4,6-10,12-13,19,22,27-29,31,41,44-45,51H,5,11,14-18,20-21,23-26,32H2,(H,56,63)(H,54,61,64). The van der Waals surface area contributed by atoms with Crippen molar-refractivity contribution in [3.8, 4) is 17.3 Å². The summed E-state index contributed by atoms with van der Waals surface area (Å²) in [5, 5.41) is 29.5. The lowest BCUT2D eigenvalue weighted by Crippen LogP contribution is -2.49. The Morgan fingerprint density at radius 3 is 2.56 bits per heavy atom. The summed E-state index contributed by atoms with van der Waals surface area (Å²) in [5.41, 5.74) is 3.08. The van der Waals surface area contributed by atoms with Gasteiger partial charge in [0.25, 0.3) is 17.0 Å². The van der Waals surface area contributed by atoms with Crippen LogP contribution in [0.25, 0.3) is 22.0 Å². The zero-order chi connectivity index (χ0) is 45.6. The van der Waals surface area contributed by atoms with E-state index in [9.17, 15) is 29.2 Å². The van der Waals surface area contributed by atoms with Gasteiger partial charge in [0, 0.05) is 73.6 Å². The van der Waals surface area contributed by atoms with Crippen molar-refractivity contribution in [2.24, 2.45) is 10.4 Å². The van der Waals surface area contributed by atoms with E-state index in [0.717, 1.165) is 48.3 Å². The fraction of sp³-hybridized carbons (Fsp3) is 0.367. The molecule has 0 bridgehead atoms. The summed E-state index contributed by atoms with van der Waals surface area (Å²) in [6.45, 7) is 4.51. The zero-order valence-electron chi connectivity index (χ0n) is 36.5. The average molecular weight is 890 g/mol. The molecule has 3 amide bonds. The first-order valence-corrected chi connectivity index (χ1v) is 22.5. The number of anilines is 1. The van der Waals surface area contributed by atoms with Gasteiger partial charge in [-0.05, 0) is 98.6 Å². The number of hydrogen-bond donors (Lipinski definition) is 3. The summed E-state index contributed by atoms with van der Waals surface area (Å²) < 4.78 is 1.16. The minimum atomic E-state index is -0.827. The number of hydrogen-bond acceptors (Lipinski definition) is 13. The Bertz CT molecular complexity index is 2840. The van der Waals surface area contributed by atoms with Crippen LogP contribution in [0.15, 0.2) is 112 Å². The third-order valence-electron chi connectivity index (χ3n) is 13.3. The van der Waals surface area contributed by atoms with E-state index in [1.807, 2.05) is 65.7 Å². The third-order valence-corrected chi connectivity index (χ3v) is 13.3. The second kappa shape index (κ2) is 19.4. The van der Waals surface area contributed by atoms with Crippen LogP contribution in [0.5, 0.6) is 0 Å². The lowest BCUT2D eigenvalue weighted by molar-refractivity contribution is -0.181. The van der Waals surface area contributed by atoms with Crippen LogP contribution in [0.2, 0.25) is 0 Å². The highest BCUT2D eigenvalue weighted by atomic mass is 16.7. The van der Waals surface area contributed by atoms with Gasteiger partial charge in [-0.15, -0.1) is 0 Å². The van der Waals surface area contributed by atoms with Gasteiger partial charge in [0.05, 0.1) is 41.4 Å². The lowest BCUT2D eigenvalue weighted by Gasteiger charge is -2.41. The molecule has 5 aromatic rings. The number of allylic oxidation sites excluding steroid dienone is 1. The SMILES string of the molecule is N#Cc1cccc(-c2cc(C(c3ccccc3)C3N=CC=CN3OCC3(CCCC(=O)N4CCN(c5ccc6c(=O)n(C7CCC(=O)NC7=O)ncc6c5)CC4)CCNCC3)c(=O)[nH]n2)c1. The van der Waals surface area contributed by atoms with E-state index >= 15 is 0 Å². The number of amides is 3. The number of aliphatic imine (C=N–C) groups is 1. The summed E-state index contributed by atoms with van der Waals surface area (Å²) in [4.78, 5) is 80.5. The van der Waals surface area contributed by atoms with Crippen LogP contribution in [0.4, 0.5) is 5.69 Å². The van der Waals surface area contributed by atoms with Gasteiger partial charge in [0.15, 0.2) is 6.17 Å². The number of carbonyl (C=O) groups excluding carboxylic acids is 3. The maximum atomic E-state index is 13.7. The van der Waals surface area contributed by atoms with Crippen molar-refractivity contribution in [2.75, 3.05) is 50.8 Å². The summed E-state index contributed by atoms with van der Waals surface area (Å²) in [6.07, 6.45) is 10.4. The number of piperidine rings is 2. The molecular weight excluding hydrogens is 839 g/mol. The first-order valence-electron chi connectivity index (χ1n) is 22.5. The van der Waals surface area contributed by atoms with Crippen molar-refractivity contribution >= 4 is 40.4 Å². The molecule has 2 aromatic heterocycles. The Morgan fingerprint density at radius 2 is 1.77 bits per heavy atom. The molecule has 6 heterocycles. The van der Waals surface area contributed by atoms with Crippen LogP contribution < -0.4 is 26.7 Å². The number of benzene rings is 3. The molecule has 3 N–H and O–H groups in total. The van der Waals surface area contributed by atoms with E-state index in [1.54, 1.807) is 47.8 Å². The summed E-state index contributed by atoms with van der Waals surface area (Å²) >= 11 is 0. The molecular formula is C49H51N11O6. The molecule has 0 radical (unpaired) electrons. The Kier molecular flexibility index (Phi) is 12.9. The summed E-state index contributed by atoms with van der Waals surface area (Å²) in [7, 11) is 0. The van der Waals surface area contributed by atoms with Gasteiger partial charge in [-0.1, -0.05) is 42.5 Å². The quantitative estimate of drug-likeness (QED) is 0.142. The highest BCUT2D eigenvalue weighted by Gasteiger charge is 2.37. The van der Waals surface area contributed by atoms with E-state index < -0.39 is 24.0 Å². The van der Waals surface area contributed by atoms with Crippen molar-refractivity contribution < 1.29 is 19.2 Å². The highest BCUT2D eigenvalue weighted by molar-refractivity contribution is 5.99. The van der Waals surface area contributed by atoms with Crippen LogP contribution in [0.1, 0.15) is 73.6 Å². The van der Waals surface area contributed by atoms with Crippen molar-refractivity contribution in [3.63, 3.8) is 0 Å². The molecule has 3 saturated heterocycles. The fourth-order valence-electron chi connectivity index (χ4n) is 9.60. The van der Waals surface area contributed by atoms with E-state index in [-0.39, 0.29) is 41.2 Å². The van der Waals surface area contributed by atoms with Crippen LogP contribution >= 0.6 is 0 Å². The van der Waals surface area contributed by atoms with Gasteiger partial charge in [-0.2, -0.15) is 15.5 Å². The number of nitrogens with one attached hydrogen (secondary N) is 3. The maximum absolute atomic E-state index is 13.7. The smallest absolute Gasteiger partial charge is 0.275 e. The van der Waals surface area contributed by atoms with Crippen LogP contribution in [-0.4, -0.2) is 106 Å². The number of fused-ring (bicyclic) bond motifs is 1. The van der Waals surface area contributed by atoms with E-state index in [4.69, 9.17) is 9.83 Å². The Labute approximate surface area is 380 Å². The molecule has 3 unspecified atom stereocenters. The molecule has 66 heavy (non-hydrogen) atoms. The van der Waals surface area contributed by atoms with E-state index in [1.165, 1.54) is 0 Å². The minimum absolute atomic E-state index is 0.122. The summed E-state index contributed by atoms with van der Waals surface area (Å²) in [5.74, 6) is -1.29. The number of rotatable bonds is 13. The minimum Gasteiger partial charge on any atom is -0.368 e. The Balaban J connectivity index is 0.832. The number of hydroxylamine groups is 2. The lowest BCUT2D eigenvalue weighted by atomic mass is 9.75. The van der Waals surface area contributed by atoms with Crippen LogP contribution in [0.3, 0.4) is 0 Å². The molecule has 4 aliphatic heterocycles. The molecule has 3 aromatic carbocycles. The normalized spacial score (nSPS) is 20.0. The largest absolute Gasteiger partial charge is 0.368 e. The molecule has 3 atom stereocenters. The zero-order valence-corrected chi connectivity index (χ0v) is 36.5. The van der Waals surface area contributed by atoms with Gasteiger partial charge in [0.2, 0.25) is 11.8 Å². The molecule has 4 aliphatic rings. The third kappa shape index (κ3) is 9.42. The number of aromatic nitrogens is 4. The number of H-pyrrole nitrogens is 1. The van der Waals surface area contributed by atoms with Gasteiger partial charge >= 0.3 is 0 Å². The van der Waals surface area contributed by atoms with E-state index in [0.29, 0.717) is 78.8 Å². The van der Waals surface area contributed by atoms with Gasteiger partial charge < -0.3 is 15.1 Å². The van der Waals surface area contributed by atoms with Gasteiger partial charge in [0.1, 0.15) is 6.04 Å². The number of nitriles is 1. The second-order valence-electron chi connectivity index (χ2n) is 17.4. The summed E-state index contributed by atoms with van der Waals surface area (Å²) in [6, 6.07) is 25.5. The maximum Gasteiger partial charge on any atom is 0.275 e.